The Morgan fingerprint density at radius 2 is 2.05 bits per heavy atom. The zero-order valence-corrected chi connectivity index (χ0v) is 12.7. The predicted octanol–water partition coefficient (Wildman–Crippen LogP) is 2.96. The van der Waals surface area contributed by atoms with Gasteiger partial charge >= 0.3 is 0 Å². The normalized spacial score (nSPS) is 17.2. The van der Waals surface area contributed by atoms with Gasteiger partial charge in [0.25, 0.3) is 0 Å². The van der Waals surface area contributed by atoms with Gasteiger partial charge in [0.15, 0.2) is 0 Å². The molecule has 0 bridgehead atoms. The van der Waals surface area contributed by atoms with Crippen molar-refractivity contribution in [1.82, 2.24) is 9.88 Å². The molecule has 2 heterocycles. The molecular weight excluding hydrogens is 260 g/mol. The lowest BCUT2D eigenvalue weighted by atomic mass is 10.1. The lowest BCUT2D eigenvalue weighted by Gasteiger charge is -2.21. The quantitative estimate of drug-likeness (QED) is 0.829. The van der Waals surface area contributed by atoms with Gasteiger partial charge in [0.1, 0.15) is 0 Å². The molecule has 1 aromatic heterocycles. The van der Waals surface area contributed by atoms with Gasteiger partial charge in [0.05, 0.1) is 0 Å². The van der Waals surface area contributed by atoms with Gasteiger partial charge in [-0.3, -0.25) is 4.98 Å². The lowest BCUT2D eigenvalue weighted by molar-refractivity contribution is 0.294. The van der Waals surface area contributed by atoms with E-state index < -0.39 is 0 Å². The minimum absolute atomic E-state index is 0.632. The van der Waals surface area contributed by atoms with Crippen molar-refractivity contribution in [2.45, 2.75) is 19.8 Å². The average molecular weight is 284 g/mol. The minimum Gasteiger partial charge on any atom is -0.398 e. The van der Waals surface area contributed by atoms with Crippen LogP contribution in [0.3, 0.4) is 0 Å². The number of fused-ring (bicyclic) bond motifs is 1. The molecule has 1 saturated heterocycles. The van der Waals surface area contributed by atoms with Crippen molar-refractivity contribution in [2.24, 2.45) is 5.92 Å². The molecule has 0 radical (unpaired) electrons. The summed E-state index contributed by atoms with van der Waals surface area (Å²) in [4.78, 5) is 6.79. The van der Waals surface area contributed by atoms with Gasteiger partial charge in [-0.2, -0.15) is 0 Å². The average Bonchev–Trinajstić information content (AvgIpc) is 3.00. The number of anilines is 2. The first-order valence-electron chi connectivity index (χ1n) is 7.82. The Morgan fingerprint density at radius 3 is 2.86 bits per heavy atom. The van der Waals surface area contributed by atoms with Gasteiger partial charge < -0.3 is 16.0 Å². The molecule has 0 amide bonds. The van der Waals surface area contributed by atoms with Crippen molar-refractivity contribution in [1.29, 1.82) is 0 Å². The van der Waals surface area contributed by atoms with Crippen LogP contribution in [-0.4, -0.2) is 36.1 Å². The van der Waals surface area contributed by atoms with Gasteiger partial charge in [0.2, 0.25) is 0 Å². The zero-order chi connectivity index (χ0) is 14.7. The van der Waals surface area contributed by atoms with E-state index in [1.54, 1.807) is 6.20 Å². The van der Waals surface area contributed by atoms with Crippen molar-refractivity contribution in [3.8, 4) is 0 Å². The number of nitrogens with one attached hydrogen (secondary N) is 1. The third kappa shape index (κ3) is 3.27. The summed E-state index contributed by atoms with van der Waals surface area (Å²) in [7, 11) is 0. The van der Waals surface area contributed by atoms with E-state index in [4.69, 9.17) is 5.73 Å². The largest absolute Gasteiger partial charge is 0.398 e. The number of nitrogen functional groups attached to an aromatic ring is 1. The van der Waals surface area contributed by atoms with Gasteiger partial charge in [-0.15, -0.1) is 0 Å². The van der Waals surface area contributed by atoms with E-state index in [1.807, 2.05) is 18.3 Å². The third-order valence-electron chi connectivity index (χ3n) is 4.26. The molecular formula is C17H24N4. The Bertz CT molecular complexity index is 605. The fourth-order valence-corrected chi connectivity index (χ4v) is 3.12. The van der Waals surface area contributed by atoms with Crippen LogP contribution in [0.4, 0.5) is 11.4 Å². The smallest absolute Gasteiger partial charge is 0.0437 e. The second-order valence-corrected chi connectivity index (χ2v) is 6.12. The lowest BCUT2D eigenvalue weighted by Crippen LogP contribution is -2.28. The summed E-state index contributed by atoms with van der Waals surface area (Å²) in [5.41, 5.74) is 7.96. The van der Waals surface area contributed by atoms with Gasteiger partial charge in [-0.05, 0) is 50.0 Å². The summed E-state index contributed by atoms with van der Waals surface area (Å²) in [5, 5.41) is 5.74. The molecule has 1 fully saturated rings. The van der Waals surface area contributed by atoms with Gasteiger partial charge in [-0.1, -0.05) is 6.92 Å². The van der Waals surface area contributed by atoms with Crippen molar-refractivity contribution >= 4 is 22.1 Å². The second kappa shape index (κ2) is 6.31. The molecule has 3 N–H and O–H groups in total. The predicted molar refractivity (Wildman–Crippen MR) is 89.5 cm³/mol. The van der Waals surface area contributed by atoms with Gasteiger partial charge in [0, 0.05) is 47.6 Å². The highest BCUT2D eigenvalue weighted by atomic mass is 15.1. The van der Waals surface area contributed by atoms with E-state index in [-0.39, 0.29) is 0 Å². The van der Waals surface area contributed by atoms with Crippen molar-refractivity contribution in [2.75, 3.05) is 37.2 Å². The van der Waals surface area contributed by atoms with E-state index in [0.717, 1.165) is 28.7 Å². The maximum absolute atomic E-state index is 6.03. The maximum atomic E-state index is 6.03. The minimum atomic E-state index is 0.632. The van der Waals surface area contributed by atoms with E-state index in [0.29, 0.717) is 5.92 Å². The Kier molecular flexibility index (Phi) is 4.25. The number of pyridine rings is 1. The molecule has 4 nitrogen and oxygen atoms in total. The Labute approximate surface area is 126 Å². The van der Waals surface area contributed by atoms with E-state index in [2.05, 4.69) is 28.2 Å². The molecule has 1 unspecified atom stereocenters. The van der Waals surface area contributed by atoms with Gasteiger partial charge in [-0.25, -0.2) is 0 Å². The van der Waals surface area contributed by atoms with Crippen LogP contribution in [0.2, 0.25) is 0 Å². The fourth-order valence-electron chi connectivity index (χ4n) is 3.12. The van der Waals surface area contributed by atoms with E-state index in [1.165, 1.54) is 32.5 Å². The molecule has 2 aromatic rings. The highest BCUT2D eigenvalue weighted by Crippen LogP contribution is 2.27. The van der Waals surface area contributed by atoms with Crippen LogP contribution in [0, 0.1) is 5.92 Å². The Morgan fingerprint density at radius 1 is 1.24 bits per heavy atom. The second-order valence-electron chi connectivity index (χ2n) is 6.12. The van der Waals surface area contributed by atoms with Crippen LogP contribution >= 0.6 is 0 Å². The number of rotatable bonds is 5. The van der Waals surface area contributed by atoms with Crippen molar-refractivity contribution < 1.29 is 0 Å². The summed E-state index contributed by atoms with van der Waals surface area (Å²) in [6.45, 7) is 6.99. The number of aromatic nitrogens is 1. The standard InChI is InChI=1S/C17H24N4/c1-13(12-21-8-2-3-9-21)10-20-17-5-4-16(18)14-6-7-19-11-15(14)17/h4-7,11,13,20H,2-3,8-10,12,18H2,1H3. The summed E-state index contributed by atoms with van der Waals surface area (Å²) in [6.07, 6.45) is 6.39. The number of hydrogen-bond acceptors (Lipinski definition) is 4. The van der Waals surface area contributed by atoms with Crippen LogP contribution in [0.25, 0.3) is 10.8 Å². The first kappa shape index (κ1) is 14.1. The molecule has 112 valence electrons. The number of likely N-dealkylation sites (tertiary alicyclic amines) is 1. The molecule has 0 saturated carbocycles. The van der Waals surface area contributed by atoms with E-state index >= 15 is 0 Å². The summed E-state index contributed by atoms with van der Waals surface area (Å²) >= 11 is 0. The Hall–Kier alpha value is -1.81. The number of hydrogen-bond donors (Lipinski definition) is 2. The number of nitrogens with two attached hydrogens (primary N) is 1. The van der Waals surface area contributed by atoms with Crippen LogP contribution in [0.1, 0.15) is 19.8 Å². The van der Waals surface area contributed by atoms with Crippen molar-refractivity contribution in [3.05, 3.63) is 30.6 Å². The molecule has 21 heavy (non-hydrogen) atoms. The summed E-state index contributed by atoms with van der Waals surface area (Å²) in [5.74, 6) is 0.632. The number of nitrogens with zero attached hydrogens (tertiary/aromatic N) is 2. The highest BCUT2D eigenvalue weighted by Gasteiger charge is 2.14. The molecule has 1 atom stereocenters. The first-order valence-corrected chi connectivity index (χ1v) is 7.82. The Balaban J connectivity index is 1.66. The fraction of sp³-hybridized carbons (Fsp3) is 0.471. The van der Waals surface area contributed by atoms with Crippen LogP contribution in [0.5, 0.6) is 0 Å². The first-order chi connectivity index (χ1) is 10.2. The summed E-state index contributed by atoms with van der Waals surface area (Å²) < 4.78 is 0. The molecule has 3 rings (SSSR count). The maximum Gasteiger partial charge on any atom is 0.0437 e. The molecule has 1 aliphatic rings. The monoisotopic (exact) mass is 284 g/mol. The SMILES string of the molecule is CC(CNc1ccc(N)c2ccncc12)CN1CCCC1. The van der Waals surface area contributed by atoms with Crippen LogP contribution in [-0.2, 0) is 0 Å². The summed E-state index contributed by atoms with van der Waals surface area (Å²) in [6, 6.07) is 6.00. The number of benzene rings is 1. The topological polar surface area (TPSA) is 54.2 Å². The molecule has 0 aliphatic carbocycles. The molecule has 0 spiro atoms. The molecule has 4 heteroatoms. The zero-order valence-electron chi connectivity index (χ0n) is 12.7. The molecule has 1 aromatic carbocycles. The van der Waals surface area contributed by atoms with Crippen LogP contribution < -0.4 is 11.1 Å². The van der Waals surface area contributed by atoms with Crippen LogP contribution in [0.15, 0.2) is 30.6 Å². The highest BCUT2D eigenvalue weighted by molar-refractivity contribution is 6.00. The third-order valence-corrected chi connectivity index (χ3v) is 4.26. The van der Waals surface area contributed by atoms with Crippen molar-refractivity contribution in [3.63, 3.8) is 0 Å². The van der Waals surface area contributed by atoms with E-state index in [9.17, 15) is 0 Å². The molecule has 1 aliphatic heterocycles.